The molecular formula is C24H29N3O2. The summed E-state index contributed by atoms with van der Waals surface area (Å²) in [5.74, 6) is 2.32. The summed E-state index contributed by atoms with van der Waals surface area (Å²) < 4.78 is 0. The van der Waals surface area contributed by atoms with Gasteiger partial charge in [-0.05, 0) is 91.4 Å². The normalized spacial score (nSPS) is 42.6. The number of nitrogens with one attached hydrogen (secondary N) is 1. The highest BCUT2D eigenvalue weighted by Gasteiger charge is 2.60. The third kappa shape index (κ3) is 2.37. The second kappa shape index (κ2) is 6.19. The molecule has 0 aliphatic heterocycles. The highest BCUT2D eigenvalue weighted by molar-refractivity contribution is 5.52. The van der Waals surface area contributed by atoms with Gasteiger partial charge in [0, 0.05) is 5.69 Å². The predicted molar refractivity (Wildman–Crippen MR) is 108 cm³/mol. The molecule has 1 heterocycles. The number of aliphatic hydroxyl groups excluding tert-OH is 1. The number of hydrogen-bond donors (Lipinski definition) is 2. The molecule has 5 nitrogen and oxygen atoms in total. The van der Waals surface area contributed by atoms with E-state index in [4.69, 9.17) is 0 Å². The maximum atomic E-state index is 12.3. The van der Waals surface area contributed by atoms with Crippen molar-refractivity contribution in [2.24, 2.45) is 34.5 Å². The molecule has 0 aromatic carbocycles. The van der Waals surface area contributed by atoms with Crippen molar-refractivity contribution in [3.05, 3.63) is 32.7 Å². The molecule has 0 spiro atoms. The minimum Gasteiger partial charge on any atom is -0.393 e. The van der Waals surface area contributed by atoms with Crippen LogP contribution >= 0.6 is 0 Å². The van der Waals surface area contributed by atoms with Crippen molar-refractivity contribution in [2.75, 3.05) is 0 Å². The SMILES string of the molecule is C[C@]12Cc3c([nH]c(=O)c(C#N)c3C#N)C[C@@H]1CC[C@H]1[C@@H]2CC[C@]2(C)[C@@H](O)CC[C@@H]12. The second-order valence-electron chi connectivity index (χ2n) is 10.6. The van der Waals surface area contributed by atoms with Gasteiger partial charge in [-0.3, -0.25) is 4.79 Å². The minimum absolute atomic E-state index is 0.0317. The molecule has 3 fully saturated rings. The Kier molecular flexibility index (Phi) is 4.03. The first-order chi connectivity index (χ1) is 13.8. The molecule has 3 saturated carbocycles. The average Bonchev–Trinajstić information content (AvgIpc) is 3.00. The molecule has 4 aliphatic carbocycles. The third-order valence-electron chi connectivity index (χ3n) is 9.65. The number of fused-ring (bicyclic) bond motifs is 6. The Hall–Kier alpha value is -2.11. The second-order valence-corrected chi connectivity index (χ2v) is 10.6. The van der Waals surface area contributed by atoms with Crippen LogP contribution in [0.15, 0.2) is 4.79 Å². The molecule has 7 atom stereocenters. The minimum atomic E-state index is -0.423. The molecule has 0 unspecified atom stereocenters. The van der Waals surface area contributed by atoms with E-state index < -0.39 is 5.56 Å². The van der Waals surface area contributed by atoms with E-state index in [0.717, 1.165) is 56.2 Å². The average molecular weight is 392 g/mol. The van der Waals surface area contributed by atoms with E-state index >= 15 is 0 Å². The number of aromatic amines is 1. The van der Waals surface area contributed by atoms with E-state index in [1.807, 2.05) is 6.07 Å². The molecule has 0 bridgehead atoms. The van der Waals surface area contributed by atoms with Crippen molar-refractivity contribution in [1.82, 2.24) is 4.98 Å². The number of nitrogens with zero attached hydrogens (tertiary/aromatic N) is 2. The summed E-state index contributed by atoms with van der Waals surface area (Å²) in [5, 5.41) is 29.8. The summed E-state index contributed by atoms with van der Waals surface area (Å²) in [6.45, 7) is 4.69. The van der Waals surface area contributed by atoms with E-state index in [-0.39, 0.29) is 22.5 Å². The van der Waals surface area contributed by atoms with Crippen LogP contribution in [0.3, 0.4) is 0 Å². The topological polar surface area (TPSA) is 101 Å². The van der Waals surface area contributed by atoms with Crippen molar-refractivity contribution in [1.29, 1.82) is 10.5 Å². The van der Waals surface area contributed by atoms with Gasteiger partial charge in [-0.25, -0.2) is 0 Å². The van der Waals surface area contributed by atoms with Crippen LogP contribution in [0.25, 0.3) is 0 Å². The lowest BCUT2D eigenvalue weighted by Gasteiger charge is -2.60. The van der Waals surface area contributed by atoms with Crippen LogP contribution in [0.1, 0.15) is 74.8 Å². The van der Waals surface area contributed by atoms with Gasteiger partial charge in [0.1, 0.15) is 17.7 Å². The largest absolute Gasteiger partial charge is 0.393 e. The Balaban J connectivity index is 1.57. The van der Waals surface area contributed by atoms with Crippen LogP contribution in [-0.2, 0) is 12.8 Å². The van der Waals surface area contributed by atoms with Crippen LogP contribution in [0.2, 0.25) is 0 Å². The lowest BCUT2D eigenvalue weighted by molar-refractivity contribution is -0.111. The Morgan fingerprint density at radius 1 is 1.00 bits per heavy atom. The predicted octanol–water partition coefficient (Wildman–Crippen LogP) is 3.44. The molecule has 0 radical (unpaired) electrons. The summed E-state index contributed by atoms with van der Waals surface area (Å²) >= 11 is 0. The third-order valence-corrected chi connectivity index (χ3v) is 9.65. The molecule has 4 aliphatic rings. The molecule has 2 N–H and O–H groups in total. The van der Waals surface area contributed by atoms with E-state index in [2.05, 4.69) is 24.9 Å². The fraction of sp³-hybridized carbons (Fsp3) is 0.708. The first-order valence-corrected chi connectivity index (χ1v) is 11.1. The Morgan fingerprint density at radius 2 is 1.72 bits per heavy atom. The number of H-pyrrole nitrogens is 1. The van der Waals surface area contributed by atoms with Crippen LogP contribution in [0.4, 0.5) is 0 Å². The maximum absolute atomic E-state index is 12.3. The van der Waals surface area contributed by atoms with Gasteiger partial charge in [0.05, 0.1) is 11.7 Å². The number of pyridine rings is 1. The first kappa shape index (κ1) is 18.9. The van der Waals surface area contributed by atoms with Crippen molar-refractivity contribution < 1.29 is 5.11 Å². The number of hydrogen-bond acceptors (Lipinski definition) is 4. The molecule has 5 heteroatoms. The zero-order valence-corrected chi connectivity index (χ0v) is 17.3. The summed E-state index contributed by atoms with van der Waals surface area (Å²) in [6, 6.07) is 4.13. The number of rotatable bonds is 0. The van der Waals surface area contributed by atoms with Crippen LogP contribution < -0.4 is 5.56 Å². The monoisotopic (exact) mass is 391 g/mol. The number of nitriles is 2. The molecule has 0 saturated heterocycles. The molecule has 1 aromatic heterocycles. The zero-order valence-electron chi connectivity index (χ0n) is 17.3. The Labute approximate surface area is 171 Å². The standard InChI is InChI=1S/C24H29N3O2/c1-23-8-7-19-14(18(23)5-6-21(23)28)4-3-13-9-20-15(10-24(13,19)2)16(11-25)17(12-26)22(29)27-20/h13-14,18-19,21,28H,3-10H2,1-2H3,(H,27,29)/t13-,14+,18-,19-,21-,23-,24-/m0/s1. The van der Waals surface area contributed by atoms with E-state index in [1.165, 1.54) is 6.42 Å². The lowest BCUT2D eigenvalue weighted by Crippen LogP contribution is -2.55. The van der Waals surface area contributed by atoms with Crippen molar-refractivity contribution in [2.45, 2.75) is 71.3 Å². The molecule has 0 amide bonds. The van der Waals surface area contributed by atoms with E-state index in [1.54, 1.807) is 0 Å². The van der Waals surface area contributed by atoms with Gasteiger partial charge in [-0.1, -0.05) is 13.8 Å². The van der Waals surface area contributed by atoms with Gasteiger partial charge < -0.3 is 10.1 Å². The van der Waals surface area contributed by atoms with Crippen molar-refractivity contribution >= 4 is 0 Å². The van der Waals surface area contributed by atoms with Gasteiger partial charge in [-0.15, -0.1) is 0 Å². The Bertz CT molecular complexity index is 1010. The molecule has 1 aromatic rings. The lowest BCUT2D eigenvalue weighted by atomic mass is 9.45. The van der Waals surface area contributed by atoms with E-state index in [0.29, 0.717) is 29.2 Å². The van der Waals surface area contributed by atoms with Crippen LogP contribution in [0, 0.1) is 57.2 Å². The van der Waals surface area contributed by atoms with Crippen LogP contribution in [-0.4, -0.2) is 16.2 Å². The van der Waals surface area contributed by atoms with Gasteiger partial charge >= 0.3 is 0 Å². The highest BCUT2D eigenvalue weighted by Crippen LogP contribution is 2.65. The quantitative estimate of drug-likeness (QED) is 0.707. The van der Waals surface area contributed by atoms with E-state index in [9.17, 15) is 20.4 Å². The maximum Gasteiger partial charge on any atom is 0.267 e. The zero-order chi connectivity index (χ0) is 20.6. The fourth-order valence-corrected chi connectivity index (χ4v) is 8.04. The van der Waals surface area contributed by atoms with Gasteiger partial charge in [0.15, 0.2) is 0 Å². The number of aliphatic hydroxyl groups is 1. The summed E-state index contributed by atoms with van der Waals surface area (Å²) in [5.41, 5.74) is 1.77. The molecule has 29 heavy (non-hydrogen) atoms. The Morgan fingerprint density at radius 3 is 2.45 bits per heavy atom. The molecular weight excluding hydrogens is 362 g/mol. The first-order valence-electron chi connectivity index (χ1n) is 11.1. The summed E-state index contributed by atoms with van der Waals surface area (Å²) in [4.78, 5) is 15.2. The summed E-state index contributed by atoms with van der Waals surface area (Å²) in [6.07, 6.45) is 8.03. The summed E-state index contributed by atoms with van der Waals surface area (Å²) in [7, 11) is 0. The smallest absolute Gasteiger partial charge is 0.267 e. The highest BCUT2D eigenvalue weighted by atomic mass is 16.3. The van der Waals surface area contributed by atoms with Crippen LogP contribution in [0.5, 0.6) is 0 Å². The van der Waals surface area contributed by atoms with Gasteiger partial charge in [0.25, 0.3) is 5.56 Å². The number of aromatic nitrogens is 1. The fourth-order valence-electron chi connectivity index (χ4n) is 8.04. The van der Waals surface area contributed by atoms with Gasteiger partial charge in [-0.2, -0.15) is 10.5 Å². The molecule has 152 valence electrons. The molecule has 5 rings (SSSR count). The van der Waals surface area contributed by atoms with Crippen molar-refractivity contribution in [3.63, 3.8) is 0 Å². The van der Waals surface area contributed by atoms with Crippen molar-refractivity contribution in [3.8, 4) is 12.1 Å². The van der Waals surface area contributed by atoms with Gasteiger partial charge in [0.2, 0.25) is 0 Å².